The van der Waals surface area contributed by atoms with Gasteiger partial charge in [0.25, 0.3) is 0 Å². The van der Waals surface area contributed by atoms with E-state index < -0.39 is 0 Å². The van der Waals surface area contributed by atoms with Crippen LogP contribution >= 0.6 is 0 Å². The zero-order valence-electron chi connectivity index (χ0n) is 13.2. The maximum Gasteiger partial charge on any atom is 0.0223 e. The second-order valence-electron chi connectivity index (χ2n) is 6.72. The first-order valence-electron chi connectivity index (χ1n) is 8.32. The molecule has 0 aliphatic carbocycles. The van der Waals surface area contributed by atoms with Gasteiger partial charge in [0.15, 0.2) is 0 Å². The first-order valence-corrected chi connectivity index (χ1v) is 8.32. The van der Waals surface area contributed by atoms with Gasteiger partial charge in [-0.1, -0.05) is 13.8 Å². The molecule has 1 atom stereocenters. The van der Waals surface area contributed by atoms with Gasteiger partial charge >= 0.3 is 0 Å². The predicted octanol–water partition coefficient (Wildman–Crippen LogP) is 2.18. The Morgan fingerprint density at radius 1 is 1.26 bits per heavy atom. The second-order valence-corrected chi connectivity index (χ2v) is 6.72. The van der Waals surface area contributed by atoms with Crippen molar-refractivity contribution in [3.05, 3.63) is 0 Å². The molecular formula is C16H33N3. The summed E-state index contributed by atoms with van der Waals surface area (Å²) in [5.74, 6) is 0. The lowest BCUT2D eigenvalue weighted by Crippen LogP contribution is -2.46. The summed E-state index contributed by atoms with van der Waals surface area (Å²) in [5, 5.41) is 3.51. The summed E-state index contributed by atoms with van der Waals surface area (Å²) >= 11 is 0. The van der Waals surface area contributed by atoms with Gasteiger partial charge in [-0.05, 0) is 70.7 Å². The zero-order valence-corrected chi connectivity index (χ0v) is 13.2. The third-order valence-electron chi connectivity index (χ3n) is 5.45. The predicted molar refractivity (Wildman–Crippen MR) is 82.6 cm³/mol. The van der Waals surface area contributed by atoms with Crippen LogP contribution in [0, 0.1) is 5.41 Å². The van der Waals surface area contributed by atoms with E-state index >= 15 is 0 Å². The molecule has 0 aromatic rings. The van der Waals surface area contributed by atoms with Crippen LogP contribution < -0.4 is 5.32 Å². The van der Waals surface area contributed by atoms with Gasteiger partial charge in [-0.2, -0.15) is 0 Å². The lowest BCUT2D eigenvalue weighted by Gasteiger charge is -2.41. The zero-order chi connectivity index (χ0) is 13.7. The van der Waals surface area contributed by atoms with Crippen molar-refractivity contribution in [2.75, 3.05) is 46.3 Å². The fourth-order valence-electron chi connectivity index (χ4n) is 4.10. The molecule has 2 aliphatic heterocycles. The summed E-state index contributed by atoms with van der Waals surface area (Å²) in [6.45, 7) is 12.2. The molecule has 0 radical (unpaired) electrons. The SMILES string of the molecule is CCN1CCCC1CN(C)CC1(CC)CCNCC1. The highest BCUT2D eigenvalue weighted by Gasteiger charge is 2.32. The minimum absolute atomic E-state index is 0.579. The lowest BCUT2D eigenvalue weighted by atomic mass is 9.76. The molecule has 0 amide bonds. The highest BCUT2D eigenvalue weighted by molar-refractivity contribution is 4.88. The molecule has 2 saturated heterocycles. The first-order chi connectivity index (χ1) is 9.19. The van der Waals surface area contributed by atoms with Crippen molar-refractivity contribution in [2.24, 2.45) is 5.41 Å². The van der Waals surface area contributed by atoms with E-state index in [1.807, 2.05) is 0 Å². The average Bonchev–Trinajstić information content (AvgIpc) is 2.86. The molecule has 112 valence electrons. The summed E-state index contributed by atoms with van der Waals surface area (Å²) in [6, 6.07) is 0.811. The third kappa shape index (κ3) is 3.93. The molecule has 1 unspecified atom stereocenters. The molecule has 19 heavy (non-hydrogen) atoms. The van der Waals surface area contributed by atoms with Crippen molar-refractivity contribution in [3.63, 3.8) is 0 Å². The maximum atomic E-state index is 3.51. The van der Waals surface area contributed by atoms with Crippen LogP contribution in [0.15, 0.2) is 0 Å². The highest BCUT2D eigenvalue weighted by Crippen LogP contribution is 2.33. The molecule has 0 aromatic heterocycles. The Labute approximate surface area is 119 Å². The standard InChI is InChI=1S/C16H33N3/c1-4-16(8-10-17-11-9-16)14-18(3)13-15-7-6-12-19(15)5-2/h15,17H,4-14H2,1-3H3. The fraction of sp³-hybridized carbons (Fsp3) is 1.00. The van der Waals surface area contributed by atoms with E-state index in [2.05, 4.69) is 36.0 Å². The van der Waals surface area contributed by atoms with Crippen molar-refractivity contribution >= 4 is 0 Å². The largest absolute Gasteiger partial charge is 0.317 e. The molecule has 1 N–H and O–H groups in total. The van der Waals surface area contributed by atoms with Crippen LogP contribution in [0.5, 0.6) is 0 Å². The minimum Gasteiger partial charge on any atom is -0.317 e. The van der Waals surface area contributed by atoms with Gasteiger partial charge in [0, 0.05) is 19.1 Å². The number of likely N-dealkylation sites (tertiary alicyclic amines) is 1. The van der Waals surface area contributed by atoms with Crippen LogP contribution in [0.2, 0.25) is 0 Å². The van der Waals surface area contributed by atoms with E-state index in [1.165, 1.54) is 71.4 Å². The van der Waals surface area contributed by atoms with E-state index in [0.717, 1.165) is 6.04 Å². The Kier molecular flexibility index (Phi) is 5.67. The molecule has 3 heteroatoms. The topological polar surface area (TPSA) is 18.5 Å². The van der Waals surface area contributed by atoms with E-state index in [9.17, 15) is 0 Å². The molecule has 0 aromatic carbocycles. The number of rotatable bonds is 6. The Hall–Kier alpha value is -0.120. The molecule has 2 rings (SSSR count). The van der Waals surface area contributed by atoms with Gasteiger partial charge in [0.05, 0.1) is 0 Å². The molecular weight excluding hydrogens is 234 g/mol. The van der Waals surface area contributed by atoms with Crippen LogP contribution in [-0.2, 0) is 0 Å². The van der Waals surface area contributed by atoms with Crippen molar-refractivity contribution < 1.29 is 0 Å². The summed E-state index contributed by atoms with van der Waals surface area (Å²) in [6.07, 6.45) is 6.85. The van der Waals surface area contributed by atoms with Crippen molar-refractivity contribution in [1.82, 2.24) is 15.1 Å². The number of nitrogens with one attached hydrogen (secondary N) is 1. The number of nitrogens with zero attached hydrogens (tertiary/aromatic N) is 2. The van der Waals surface area contributed by atoms with Crippen LogP contribution in [-0.4, -0.2) is 62.2 Å². The van der Waals surface area contributed by atoms with Crippen molar-refractivity contribution in [3.8, 4) is 0 Å². The summed E-state index contributed by atoms with van der Waals surface area (Å²) in [4.78, 5) is 5.28. The number of hydrogen-bond acceptors (Lipinski definition) is 3. The van der Waals surface area contributed by atoms with E-state index in [-0.39, 0.29) is 0 Å². The smallest absolute Gasteiger partial charge is 0.0223 e. The van der Waals surface area contributed by atoms with E-state index in [1.54, 1.807) is 0 Å². The Morgan fingerprint density at radius 3 is 2.63 bits per heavy atom. The molecule has 0 spiro atoms. The van der Waals surface area contributed by atoms with Gasteiger partial charge < -0.3 is 10.2 Å². The van der Waals surface area contributed by atoms with Crippen molar-refractivity contribution in [1.29, 1.82) is 0 Å². The lowest BCUT2D eigenvalue weighted by molar-refractivity contribution is 0.103. The van der Waals surface area contributed by atoms with Crippen molar-refractivity contribution in [2.45, 2.75) is 52.0 Å². The molecule has 2 heterocycles. The van der Waals surface area contributed by atoms with Gasteiger partial charge in [-0.25, -0.2) is 0 Å². The van der Waals surface area contributed by atoms with Crippen LogP contribution in [0.3, 0.4) is 0 Å². The Bertz CT molecular complexity index is 261. The third-order valence-corrected chi connectivity index (χ3v) is 5.45. The number of hydrogen-bond donors (Lipinski definition) is 1. The normalized spacial score (nSPS) is 28.1. The number of piperidine rings is 1. The molecule has 0 bridgehead atoms. The Morgan fingerprint density at radius 2 is 2.00 bits per heavy atom. The van der Waals surface area contributed by atoms with Gasteiger partial charge in [0.1, 0.15) is 0 Å². The highest BCUT2D eigenvalue weighted by atomic mass is 15.2. The molecule has 0 saturated carbocycles. The fourth-order valence-corrected chi connectivity index (χ4v) is 4.10. The van der Waals surface area contributed by atoms with Gasteiger partial charge in [-0.15, -0.1) is 0 Å². The Balaban J connectivity index is 1.83. The second kappa shape index (κ2) is 7.05. The average molecular weight is 267 g/mol. The summed E-state index contributed by atoms with van der Waals surface area (Å²) < 4.78 is 0. The number of likely N-dealkylation sites (N-methyl/N-ethyl adjacent to an activating group) is 2. The van der Waals surface area contributed by atoms with E-state index in [4.69, 9.17) is 0 Å². The van der Waals surface area contributed by atoms with Crippen LogP contribution in [0.25, 0.3) is 0 Å². The molecule has 2 fully saturated rings. The quantitative estimate of drug-likeness (QED) is 0.796. The van der Waals surface area contributed by atoms with E-state index in [0.29, 0.717) is 5.41 Å². The summed E-state index contributed by atoms with van der Waals surface area (Å²) in [5.41, 5.74) is 0.579. The summed E-state index contributed by atoms with van der Waals surface area (Å²) in [7, 11) is 2.34. The maximum absolute atomic E-state index is 3.51. The minimum atomic E-state index is 0.579. The monoisotopic (exact) mass is 267 g/mol. The molecule has 2 aliphatic rings. The van der Waals surface area contributed by atoms with Crippen LogP contribution in [0.4, 0.5) is 0 Å². The molecule has 3 nitrogen and oxygen atoms in total. The van der Waals surface area contributed by atoms with Gasteiger partial charge in [0.2, 0.25) is 0 Å². The van der Waals surface area contributed by atoms with Crippen LogP contribution in [0.1, 0.15) is 46.0 Å². The first kappa shape index (κ1) is 15.3. The van der Waals surface area contributed by atoms with Gasteiger partial charge in [-0.3, -0.25) is 4.90 Å².